The van der Waals surface area contributed by atoms with Gasteiger partial charge in [0.2, 0.25) is 11.8 Å². The second-order valence-electron chi connectivity index (χ2n) is 8.36. The van der Waals surface area contributed by atoms with Crippen LogP contribution >= 0.6 is 0 Å². The smallest absolute Gasteiger partial charge is 0.255 e. The number of piperazine rings is 1. The molecule has 3 aliphatic rings. The average molecular weight is 370 g/mol. The monoisotopic (exact) mass is 370 g/mol. The summed E-state index contributed by atoms with van der Waals surface area (Å²) in [6.07, 6.45) is 0.672. The van der Waals surface area contributed by atoms with Gasteiger partial charge in [0.05, 0.1) is 0 Å². The van der Waals surface area contributed by atoms with E-state index in [9.17, 15) is 14.4 Å². The van der Waals surface area contributed by atoms with E-state index < -0.39 is 6.04 Å². The number of imide groups is 1. The first kappa shape index (κ1) is 18.1. The van der Waals surface area contributed by atoms with Gasteiger partial charge in [-0.1, -0.05) is 12.1 Å². The van der Waals surface area contributed by atoms with Gasteiger partial charge in [0, 0.05) is 50.2 Å². The van der Waals surface area contributed by atoms with Gasteiger partial charge in [-0.25, -0.2) is 0 Å². The Bertz CT molecular complexity index is 804. The fraction of sp³-hybridized carbons (Fsp3) is 0.550. The number of carbonyl (C=O) groups is 3. The molecule has 7 nitrogen and oxygen atoms in total. The molecule has 1 atom stereocenters. The van der Waals surface area contributed by atoms with Gasteiger partial charge in [0.15, 0.2) is 0 Å². The van der Waals surface area contributed by atoms with Gasteiger partial charge in [-0.05, 0) is 37.5 Å². The third-order valence-corrected chi connectivity index (χ3v) is 5.72. The Balaban J connectivity index is 1.54. The molecular formula is C20H26N4O3. The van der Waals surface area contributed by atoms with Crippen molar-refractivity contribution in [3.63, 3.8) is 0 Å². The molecule has 0 spiro atoms. The van der Waals surface area contributed by atoms with Crippen LogP contribution in [0.15, 0.2) is 18.2 Å². The first-order chi connectivity index (χ1) is 12.8. The van der Waals surface area contributed by atoms with Crippen molar-refractivity contribution in [1.29, 1.82) is 0 Å². The van der Waals surface area contributed by atoms with Crippen LogP contribution < -0.4 is 10.6 Å². The van der Waals surface area contributed by atoms with E-state index in [4.69, 9.17) is 0 Å². The molecule has 1 aromatic carbocycles. The molecule has 144 valence electrons. The molecule has 7 heteroatoms. The Hall–Kier alpha value is -2.25. The summed E-state index contributed by atoms with van der Waals surface area (Å²) in [5, 5.41) is 5.87. The third-order valence-electron chi connectivity index (χ3n) is 5.72. The van der Waals surface area contributed by atoms with Crippen LogP contribution in [0, 0.1) is 0 Å². The van der Waals surface area contributed by atoms with E-state index in [2.05, 4.69) is 35.4 Å². The maximum Gasteiger partial charge on any atom is 0.255 e. The molecule has 1 unspecified atom stereocenters. The summed E-state index contributed by atoms with van der Waals surface area (Å²) in [6, 6.07) is 5.28. The SMILES string of the molecule is CC1(C)CN(Cc2cccc3c2CN(C2CCC(=O)NC2=O)C3=O)CCN1. The molecular weight excluding hydrogens is 344 g/mol. The minimum Gasteiger partial charge on any atom is -0.322 e. The molecule has 3 heterocycles. The van der Waals surface area contributed by atoms with Gasteiger partial charge in [-0.2, -0.15) is 0 Å². The van der Waals surface area contributed by atoms with Gasteiger partial charge in [0.1, 0.15) is 6.04 Å². The minimum atomic E-state index is -0.562. The van der Waals surface area contributed by atoms with Crippen LogP contribution in [-0.4, -0.2) is 58.7 Å². The summed E-state index contributed by atoms with van der Waals surface area (Å²) in [5.74, 6) is -0.734. The summed E-state index contributed by atoms with van der Waals surface area (Å²) in [7, 11) is 0. The van der Waals surface area contributed by atoms with E-state index in [1.165, 1.54) is 0 Å². The molecule has 3 aliphatic heterocycles. The van der Waals surface area contributed by atoms with E-state index in [1.54, 1.807) is 4.90 Å². The van der Waals surface area contributed by atoms with Crippen molar-refractivity contribution in [2.75, 3.05) is 19.6 Å². The van der Waals surface area contributed by atoms with Crippen LogP contribution in [0.25, 0.3) is 0 Å². The zero-order valence-corrected chi connectivity index (χ0v) is 15.9. The van der Waals surface area contributed by atoms with Crippen LogP contribution in [0.2, 0.25) is 0 Å². The molecule has 4 rings (SSSR count). The van der Waals surface area contributed by atoms with Crippen LogP contribution in [0.1, 0.15) is 48.2 Å². The van der Waals surface area contributed by atoms with Crippen molar-refractivity contribution in [1.82, 2.24) is 20.4 Å². The second-order valence-corrected chi connectivity index (χ2v) is 8.36. The second kappa shape index (κ2) is 6.73. The lowest BCUT2D eigenvalue weighted by atomic mass is 9.99. The number of nitrogens with zero attached hydrogens (tertiary/aromatic N) is 2. The topological polar surface area (TPSA) is 81.8 Å². The van der Waals surface area contributed by atoms with E-state index in [1.807, 2.05) is 12.1 Å². The normalized spacial score (nSPS) is 25.5. The number of fused-ring (bicyclic) bond motifs is 1. The van der Waals surface area contributed by atoms with E-state index >= 15 is 0 Å². The number of amides is 3. The summed E-state index contributed by atoms with van der Waals surface area (Å²) in [6.45, 7) is 8.49. The summed E-state index contributed by atoms with van der Waals surface area (Å²) < 4.78 is 0. The maximum absolute atomic E-state index is 12.9. The Morgan fingerprint density at radius 3 is 2.78 bits per heavy atom. The highest BCUT2D eigenvalue weighted by atomic mass is 16.2. The van der Waals surface area contributed by atoms with Crippen molar-refractivity contribution in [3.8, 4) is 0 Å². The molecule has 27 heavy (non-hydrogen) atoms. The van der Waals surface area contributed by atoms with Crippen molar-refractivity contribution < 1.29 is 14.4 Å². The molecule has 2 saturated heterocycles. The lowest BCUT2D eigenvalue weighted by Gasteiger charge is -2.39. The average Bonchev–Trinajstić information content (AvgIpc) is 2.92. The Kier molecular flexibility index (Phi) is 4.52. The van der Waals surface area contributed by atoms with Crippen LogP contribution in [0.4, 0.5) is 0 Å². The van der Waals surface area contributed by atoms with Crippen LogP contribution in [0.5, 0.6) is 0 Å². The fourth-order valence-corrected chi connectivity index (χ4v) is 4.42. The predicted octanol–water partition coefficient (Wildman–Crippen LogP) is 0.631. The van der Waals surface area contributed by atoms with Gasteiger partial charge >= 0.3 is 0 Å². The molecule has 2 N–H and O–H groups in total. The van der Waals surface area contributed by atoms with Crippen LogP contribution in [-0.2, 0) is 22.7 Å². The zero-order valence-electron chi connectivity index (χ0n) is 15.9. The predicted molar refractivity (Wildman–Crippen MR) is 99.8 cm³/mol. The Labute approximate surface area is 159 Å². The number of hydrogen-bond acceptors (Lipinski definition) is 5. The van der Waals surface area contributed by atoms with Crippen molar-refractivity contribution in [2.45, 2.75) is 51.4 Å². The van der Waals surface area contributed by atoms with Crippen molar-refractivity contribution >= 4 is 17.7 Å². The summed E-state index contributed by atoms with van der Waals surface area (Å²) in [5.41, 5.74) is 2.92. The highest BCUT2D eigenvalue weighted by Crippen LogP contribution is 2.30. The molecule has 0 bridgehead atoms. The highest BCUT2D eigenvalue weighted by molar-refractivity contribution is 6.05. The molecule has 3 amide bonds. The lowest BCUT2D eigenvalue weighted by Crippen LogP contribution is -2.56. The summed E-state index contributed by atoms with van der Waals surface area (Å²) >= 11 is 0. The molecule has 0 radical (unpaired) electrons. The Morgan fingerprint density at radius 1 is 1.22 bits per heavy atom. The highest BCUT2D eigenvalue weighted by Gasteiger charge is 2.40. The largest absolute Gasteiger partial charge is 0.322 e. The first-order valence-electron chi connectivity index (χ1n) is 9.57. The van der Waals surface area contributed by atoms with E-state index in [0.29, 0.717) is 18.5 Å². The number of rotatable bonds is 3. The van der Waals surface area contributed by atoms with Gasteiger partial charge in [-0.15, -0.1) is 0 Å². The molecule has 0 saturated carbocycles. The van der Waals surface area contributed by atoms with E-state index in [0.717, 1.165) is 37.3 Å². The van der Waals surface area contributed by atoms with Gasteiger partial charge in [0.25, 0.3) is 5.91 Å². The maximum atomic E-state index is 12.9. The molecule has 0 aromatic heterocycles. The Morgan fingerprint density at radius 2 is 2.04 bits per heavy atom. The van der Waals surface area contributed by atoms with E-state index in [-0.39, 0.29) is 29.7 Å². The zero-order chi connectivity index (χ0) is 19.2. The molecule has 0 aliphatic carbocycles. The van der Waals surface area contributed by atoms with Crippen molar-refractivity contribution in [2.24, 2.45) is 0 Å². The molecule has 1 aromatic rings. The minimum absolute atomic E-state index is 0.0742. The van der Waals surface area contributed by atoms with Crippen LogP contribution in [0.3, 0.4) is 0 Å². The first-order valence-corrected chi connectivity index (χ1v) is 9.57. The lowest BCUT2D eigenvalue weighted by molar-refractivity contribution is -0.136. The van der Waals surface area contributed by atoms with Gasteiger partial charge in [-0.3, -0.25) is 24.6 Å². The number of piperidine rings is 1. The number of nitrogens with one attached hydrogen (secondary N) is 2. The standard InChI is InChI=1S/C20H26N4O3/c1-20(2)12-23(9-8-21-20)10-13-4-3-5-14-15(13)11-24(19(14)27)16-6-7-17(25)22-18(16)26/h3-5,16,21H,6-12H2,1-2H3,(H,22,25,26). The third kappa shape index (κ3) is 3.49. The fourth-order valence-electron chi connectivity index (χ4n) is 4.42. The van der Waals surface area contributed by atoms with Gasteiger partial charge < -0.3 is 10.2 Å². The quantitative estimate of drug-likeness (QED) is 0.763. The van der Waals surface area contributed by atoms with Crippen molar-refractivity contribution in [3.05, 3.63) is 34.9 Å². The number of hydrogen-bond donors (Lipinski definition) is 2. The summed E-state index contributed by atoms with van der Waals surface area (Å²) in [4.78, 5) is 40.6. The number of benzene rings is 1. The number of carbonyl (C=O) groups excluding carboxylic acids is 3. The molecule has 2 fully saturated rings.